The van der Waals surface area contributed by atoms with Crippen LogP contribution in [-0.2, 0) is 4.79 Å². The molecular weight excluding hydrogens is 423 g/mol. The van der Waals surface area contributed by atoms with E-state index in [9.17, 15) is 14.3 Å². The van der Waals surface area contributed by atoms with Crippen molar-refractivity contribution in [3.8, 4) is 11.5 Å². The quantitative estimate of drug-likeness (QED) is 0.687. The van der Waals surface area contributed by atoms with Gasteiger partial charge >= 0.3 is 0 Å². The molecule has 3 rings (SSSR count). The highest BCUT2D eigenvalue weighted by Gasteiger charge is 2.24. The second kappa shape index (κ2) is 7.92. The van der Waals surface area contributed by atoms with Crippen molar-refractivity contribution < 1.29 is 19.0 Å². The highest BCUT2D eigenvalue weighted by Crippen LogP contribution is 2.36. The Bertz CT molecular complexity index is 913. The number of ether oxygens (including phenoxy) is 1. The molecule has 134 valence electrons. The van der Waals surface area contributed by atoms with Gasteiger partial charge in [-0.15, -0.1) is 0 Å². The van der Waals surface area contributed by atoms with E-state index in [1.807, 2.05) is 6.92 Å². The lowest BCUT2D eigenvalue weighted by atomic mass is 10.2. The first kappa shape index (κ1) is 18.5. The molecule has 1 heterocycles. The summed E-state index contributed by atoms with van der Waals surface area (Å²) in [6.07, 6.45) is 1.68. The number of amides is 1. The molecule has 2 N–H and O–H groups in total. The van der Waals surface area contributed by atoms with Crippen LogP contribution in [0.15, 0.2) is 50.8 Å². The zero-order chi connectivity index (χ0) is 18.7. The van der Waals surface area contributed by atoms with Crippen molar-refractivity contribution >= 4 is 50.5 Å². The van der Waals surface area contributed by atoms with Crippen LogP contribution in [0.4, 0.5) is 10.1 Å². The average Bonchev–Trinajstić information content (AvgIpc) is 2.93. The smallest absolute Gasteiger partial charge is 0.264 e. The van der Waals surface area contributed by atoms with Crippen molar-refractivity contribution in [2.45, 2.75) is 6.92 Å². The van der Waals surface area contributed by atoms with Gasteiger partial charge in [0.05, 0.1) is 17.2 Å². The number of phenols is 1. The lowest BCUT2D eigenvalue weighted by Gasteiger charge is -2.08. The van der Waals surface area contributed by atoms with Crippen molar-refractivity contribution in [3.05, 3.63) is 57.2 Å². The zero-order valence-corrected chi connectivity index (χ0v) is 16.0. The number of carbonyl (C=O) groups excluding carboxylic acids is 1. The molecule has 5 nitrogen and oxygen atoms in total. The molecule has 0 saturated carbocycles. The largest absolute Gasteiger partial charge is 0.504 e. The van der Waals surface area contributed by atoms with E-state index >= 15 is 0 Å². The normalized spacial score (nSPS) is 17.0. The van der Waals surface area contributed by atoms with E-state index in [-0.39, 0.29) is 17.5 Å². The van der Waals surface area contributed by atoms with Crippen molar-refractivity contribution in [3.63, 3.8) is 0 Å². The number of amidine groups is 1. The molecule has 0 unspecified atom stereocenters. The summed E-state index contributed by atoms with van der Waals surface area (Å²) in [4.78, 5) is 16.9. The predicted octanol–water partition coefficient (Wildman–Crippen LogP) is 4.58. The molecule has 0 atom stereocenters. The van der Waals surface area contributed by atoms with E-state index in [1.165, 1.54) is 42.1 Å². The predicted molar refractivity (Wildman–Crippen MR) is 104 cm³/mol. The number of thioether (sulfide) groups is 1. The van der Waals surface area contributed by atoms with E-state index in [2.05, 4.69) is 26.2 Å². The standard InChI is InChI=1S/C18H14BrFN2O3S/c1-2-25-15-7-10(13(19)9-14(15)23)8-16-17(24)22-18(26-16)21-12-5-3-11(20)4-6-12/h3-9,23H,2H2,1H3,(H,21,22,24)/b16-8-. The van der Waals surface area contributed by atoms with E-state index < -0.39 is 0 Å². The molecule has 0 aliphatic carbocycles. The summed E-state index contributed by atoms with van der Waals surface area (Å²) in [5.41, 5.74) is 1.23. The number of carbonyl (C=O) groups is 1. The molecule has 0 aromatic heterocycles. The molecule has 1 fully saturated rings. The van der Waals surface area contributed by atoms with Gasteiger partial charge in [0.2, 0.25) is 0 Å². The first-order valence-electron chi connectivity index (χ1n) is 7.66. The number of aliphatic imine (C=N–C) groups is 1. The van der Waals surface area contributed by atoms with Gasteiger partial charge in [0, 0.05) is 4.47 Å². The molecular formula is C18H14BrFN2O3S. The van der Waals surface area contributed by atoms with Crippen molar-refractivity contribution in [1.29, 1.82) is 0 Å². The fourth-order valence-corrected chi connectivity index (χ4v) is 3.47. The van der Waals surface area contributed by atoms with Gasteiger partial charge in [0.25, 0.3) is 5.91 Å². The van der Waals surface area contributed by atoms with Crippen molar-refractivity contribution in [2.24, 2.45) is 4.99 Å². The van der Waals surface area contributed by atoms with Gasteiger partial charge < -0.3 is 15.2 Å². The van der Waals surface area contributed by atoms with E-state index in [1.54, 1.807) is 12.1 Å². The first-order valence-corrected chi connectivity index (χ1v) is 9.27. The van der Waals surface area contributed by atoms with E-state index in [0.29, 0.717) is 38.2 Å². The minimum absolute atomic E-state index is 0.0166. The molecule has 8 heteroatoms. The number of hydrogen-bond acceptors (Lipinski definition) is 5. The Morgan fingerprint density at radius 2 is 2.08 bits per heavy atom. The highest BCUT2D eigenvalue weighted by atomic mass is 79.9. The number of aromatic hydroxyl groups is 1. The van der Waals surface area contributed by atoms with Gasteiger partial charge in [-0.25, -0.2) is 9.38 Å². The fraction of sp³-hybridized carbons (Fsp3) is 0.111. The maximum absolute atomic E-state index is 13.0. The first-order chi connectivity index (χ1) is 12.5. The number of hydrogen-bond donors (Lipinski definition) is 2. The van der Waals surface area contributed by atoms with Crippen molar-refractivity contribution in [1.82, 2.24) is 5.32 Å². The van der Waals surface area contributed by atoms with Gasteiger partial charge in [-0.1, -0.05) is 15.9 Å². The maximum Gasteiger partial charge on any atom is 0.264 e. The Labute approximate surface area is 162 Å². The summed E-state index contributed by atoms with van der Waals surface area (Å²) in [7, 11) is 0. The molecule has 2 aromatic rings. The number of nitrogens with one attached hydrogen (secondary N) is 1. The highest BCUT2D eigenvalue weighted by molar-refractivity contribution is 9.10. The molecule has 1 aliphatic heterocycles. The van der Waals surface area contributed by atoms with Crippen LogP contribution in [0.25, 0.3) is 6.08 Å². The number of benzene rings is 2. The lowest BCUT2D eigenvalue weighted by Crippen LogP contribution is -2.19. The Morgan fingerprint density at radius 1 is 1.35 bits per heavy atom. The molecule has 0 radical (unpaired) electrons. The Morgan fingerprint density at radius 3 is 2.77 bits per heavy atom. The minimum Gasteiger partial charge on any atom is -0.504 e. The summed E-state index contributed by atoms with van der Waals surface area (Å²) in [6, 6.07) is 8.84. The molecule has 2 aromatic carbocycles. The van der Waals surface area contributed by atoms with Crippen LogP contribution < -0.4 is 10.1 Å². The van der Waals surface area contributed by atoms with E-state index in [4.69, 9.17) is 4.74 Å². The molecule has 1 aliphatic rings. The van der Waals surface area contributed by atoms with Crippen molar-refractivity contribution in [2.75, 3.05) is 6.61 Å². The molecule has 26 heavy (non-hydrogen) atoms. The second-order valence-corrected chi connectivity index (χ2v) is 7.12. The zero-order valence-electron chi connectivity index (χ0n) is 13.6. The maximum atomic E-state index is 13.0. The summed E-state index contributed by atoms with van der Waals surface area (Å²) in [5.74, 6) is -0.275. The van der Waals surface area contributed by atoms with Gasteiger partial charge in [0.1, 0.15) is 5.82 Å². The lowest BCUT2D eigenvalue weighted by molar-refractivity contribution is -0.115. The van der Waals surface area contributed by atoms with Crippen LogP contribution in [0.1, 0.15) is 12.5 Å². The Kier molecular flexibility index (Phi) is 5.63. The third-order valence-electron chi connectivity index (χ3n) is 3.37. The van der Waals surface area contributed by atoms with Crippen LogP contribution >= 0.6 is 27.7 Å². The topological polar surface area (TPSA) is 70.9 Å². The third kappa shape index (κ3) is 4.25. The van der Waals surface area contributed by atoms with Gasteiger partial charge in [0.15, 0.2) is 16.7 Å². The van der Waals surface area contributed by atoms with Gasteiger partial charge in [-0.05, 0) is 66.7 Å². The fourth-order valence-electron chi connectivity index (χ4n) is 2.19. The molecule has 0 spiro atoms. The Hall–Kier alpha value is -2.32. The molecule has 1 amide bonds. The monoisotopic (exact) mass is 436 g/mol. The third-order valence-corrected chi connectivity index (χ3v) is 4.97. The SMILES string of the molecule is CCOc1cc(/C=C2\SC(=Nc3ccc(F)cc3)NC2=O)c(Br)cc1O. The van der Waals surface area contributed by atoms with Crippen LogP contribution in [0, 0.1) is 5.82 Å². The van der Waals surface area contributed by atoms with Crippen LogP contribution in [0.5, 0.6) is 11.5 Å². The Balaban J connectivity index is 1.87. The van der Waals surface area contributed by atoms with Crippen LogP contribution in [0.3, 0.4) is 0 Å². The summed E-state index contributed by atoms with van der Waals surface area (Å²) >= 11 is 4.55. The molecule has 1 saturated heterocycles. The van der Waals surface area contributed by atoms with Gasteiger partial charge in [-0.3, -0.25) is 4.79 Å². The minimum atomic E-state index is -0.347. The van der Waals surface area contributed by atoms with E-state index in [0.717, 1.165) is 0 Å². The van der Waals surface area contributed by atoms with Gasteiger partial charge in [-0.2, -0.15) is 0 Å². The number of halogens is 2. The summed E-state index contributed by atoms with van der Waals surface area (Å²) in [5, 5.41) is 13.0. The number of nitrogens with zero attached hydrogens (tertiary/aromatic N) is 1. The van der Waals surface area contributed by atoms with Crippen LogP contribution in [-0.4, -0.2) is 22.8 Å². The number of rotatable bonds is 4. The second-order valence-electron chi connectivity index (χ2n) is 5.23. The van der Waals surface area contributed by atoms with Crippen LogP contribution in [0.2, 0.25) is 0 Å². The summed E-state index contributed by atoms with van der Waals surface area (Å²) in [6.45, 7) is 2.23. The molecule has 0 bridgehead atoms. The number of phenolic OH excluding ortho intramolecular Hbond substituents is 1. The average molecular weight is 437 g/mol. The summed E-state index contributed by atoms with van der Waals surface area (Å²) < 4.78 is 19.0.